The average Bonchev–Trinajstić information content (AvgIpc) is 3.72. The molecule has 0 spiro atoms. The number of carbonyl (C=O) groups is 3. The van der Waals surface area contributed by atoms with Crippen molar-refractivity contribution in [1.29, 1.82) is 0 Å². The lowest BCUT2D eigenvalue weighted by Gasteiger charge is -2.25. The Balaban J connectivity index is 1.42. The van der Waals surface area contributed by atoms with Crippen LogP contribution < -0.4 is 11.1 Å². The van der Waals surface area contributed by atoms with E-state index in [1.807, 2.05) is 4.57 Å². The van der Waals surface area contributed by atoms with Gasteiger partial charge in [0.2, 0.25) is 0 Å². The summed E-state index contributed by atoms with van der Waals surface area (Å²) in [5.74, 6) is 0.706. The second kappa shape index (κ2) is 8.93. The lowest BCUT2D eigenvalue weighted by molar-refractivity contribution is -0.119. The van der Waals surface area contributed by atoms with E-state index in [1.54, 1.807) is 24.6 Å². The van der Waals surface area contributed by atoms with Crippen LogP contribution in [0, 0.1) is 11.8 Å². The number of hydrogen-bond acceptors (Lipinski definition) is 7. The van der Waals surface area contributed by atoms with E-state index in [0.29, 0.717) is 36.7 Å². The minimum atomic E-state index is -0.526. The molecule has 3 aliphatic carbocycles. The van der Waals surface area contributed by atoms with Crippen LogP contribution in [-0.4, -0.2) is 40.4 Å². The molecule has 3 N–H and O–H groups in total. The second-order valence-corrected chi connectivity index (χ2v) is 10.6. The molecule has 0 unspecified atom stereocenters. The molecule has 33 heavy (non-hydrogen) atoms. The SMILES string of the molecule is CCOC(=O)c1ncn([C@H]2CCc3sc(CC(=O)C4CC4)c(C(=O)NCC4CC4)c3C2)c1N. The third-order valence-electron chi connectivity index (χ3n) is 6.84. The van der Waals surface area contributed by atoms with Gasteiger partial charge in [0, 0.05) is 34.7 Å². The Hall–Kier alpha value is -2.68. The number of ketones is 1. The van der Waals surface area contributed by atoms with E-state index < -0.39 is 5.97 Å². The lowest BCUT2D eigenvalue weighted by Crippen LogP contribution is -2.28. The van der Waals surface area contributed by atoms with Crippen molar-refractivity contribution in [2.45, 2.75) is 64.3 Å². The number of fused-ring (bicyclic) bond motifs is 1. The lowest BCUT2D eigenvalue weighted by atomic mass is 9.89. The van der Waals surface area contributed by atoms with E-state index >= 15 is 0 Å². The van der Waals surface area contributed by atoms with Gasteiger partial charge in [-0.1, -0.05) is 0 Å². The van der Waals surface area contributed by atoms with E-state index in [4.69, 9.17) is 10.5 Å². The molecule has 5 rings (SSSR count). The Labute approximate surface area is 196 Å². The second-order valence-electron chi connectivity index (χ2n) is 9.38. The molecule has 8 nitrogen and oxygen atoms in total. The van der Waals surface area contributed by atoms with Gasteiger partial charge in [-0.3, -0.25) is 9.59 Å². The van der Waals surface area contributed by atoms with Crippen molar-refractivity contribution in [2.75, 3.05) is 18.9 Å². The maximum atomic E-state index is 13.3. The molecule has 1 amide bonds. The molecule has 1 atom stereocenters. The summed E-state index contributed by atoms with van der Waals surface area (Å²) in [6.07, 6.45) is 8.47. The van der Waals surface area contributed by atoms with Crippen molar-refractivity contribution in [3.05, 3.63) is 32.9 Å². The van der Waals surface area contributed by atoms with Gasteiger partial charge in [-0.15, -0.1) is 11.3 Å². The summed E-state index contributed by atoms with van der Waals surface area (Å²) < 4.78 is 6.88. The third kappa shape index (κ3) is 4.55. The number of nitrogens with two attached hydrogens (primary N) is 1. The number of esters is 1. The third-order valence-corrected chi connectivity index (χ3v) is 8.14. The molecule has 0 saturated heterocycles. The Morgan fingerprint density at radius 3 is 2.73 bits per heavy atom. The van der Waals surface area contributed by atoms with Crippen LogP contribution in [0.1, 0.15) is 81.2 Å². The zero-order valence-electron chi connectivity index (χ0n) is 18.9. The number of Topliss-reactive ketones (excluding diaryl/α,β-unsaturated/α-hetero) is 1. The van der Waals surface area contributed by atoms with Crippen LogP contribution in [0.25, 0.3) is 0 Å². The Kier molecular flexibility index (Phi) is 5.99. The number of anilines is 1. The van der Waals surface area contributed by atoms with Crippen LogP contribution >= 0.6 is 11.3 Å². The van der Waals surface area contributed by atoms with Gasteiger partial charge in [0.15, 0.2) is 5.69 Å². The van der Waals surface area contributed by atoms with Gasteiger partial charge in [-0.2, -0.15) is 0 Å². The maximum absolute atomic E-state index is 13.3. The fourth-order valence-electron chi connectivity index (χ4n) is 4.62. The predicted molar refractivity (Wildman–Crippen MR) is 124 cm³/mol. The molecule has 2 heterocycles. The highest BCUT2D eigenvalue weighted by Crippen LogP contribution is 2.41. The molecule has 2 fully saturated rings. The number of aryl methyl sites for hydroxylation is 1. The Morgan fingerprint density at radius 1 is 1.24 bits per heavy atom. The predicted octanol–water partition coefficient (Wildman–Crippen LogP) is 3.09. The first kappa shape index (κ1) is 22.1. The van der Waals surface area contributed by atoms with Crippen LogP contribution in [0.15, 0.2) is 6.33 Å². The van der Waals surface area contributed by atoms with E-state index in [1.165, 1.54) is 17.7 Å². The molecule has 9 heteroatoms. The van der Waals surface area contributed by atoms with Crippen molar-refractivity contribution in [2.24, 2.45) is 11.8 Å². The summed E-state index contributed by atoms with van der Waals surface area (Å²) >= 11 is 1.62. The first-order valence-electron chi connectivity index (χ1n) is 11.9. The summed E-state index contributed by atoms with van der Waals surface area (Å²) in [6.45, 7) is 2.69. The van der Waals surface area contributed by atoms with Crippen molar-refractivity contribution in [1.82, 2.24) is 14.9 Å². The zero-order chi connectivity index (χ0) is 23.1. The van der Waals surface area contributed by atoms with Crippen molar-refractivity contribution in [3.8, 4) is 0 Å². The number of hydrogen-bond donors (Lipinski definition) is 2. The smallest absolute Gasteiger partial charge is 0.360 e. The van der Waals surface area contributed by atoms with Crippen LogP contribution in [0.3, 0.4) is 0 Å². The highest BCUT2D eigenvalue weighted by atomic mass is 32.1. The van der Waals surface area contributed by atoms with Crippen molar-refractivity contribution >= 4 is 34.8 Å². The fraction of sp³-hybridized carbons (Fsp3) is 0.583. The highest BCUT2D eigenvalue weighted by molar-refractivity contribution is 7.12. The standard InChI is InChI=1S/C24H30N4O4S/c1-2-32-24(31)21-22(25)28(12-27-21)15-7-8-18-16(9-15)20(23(30)26-11-13-3-4-13)19(33-18)10-17(29)14-5-6-14/h12-15H,2-11,25H2,1H3,(H,26,30)/t15-/m0/s1. The van der Waals surface area contributed by atoms with Crippen LogP contribution in [0.4, 0.5) is 5.82 Å². The number of thiophene rings is 1. The monoisotopic (exact) mass is 470 g/mol. The van der Waals surface area contributed by atoms with Gasteiger partial charge >= 0.3 is 5.97 Å². The molecule has 3 aliphatic rings. The number of carbonyl (C=O) groups excluding carboxylic acids is 3. The molecule has 0 aromatic carbocycles. The maximum Gasteiger partial charge on any atom is 0.360 e. The minimum Gasteiger partial charge on any atom is -0.461 e. The molecular weight excluding hydrogens is 440 g/mol. The molecule has 2 aromatic heterocycles. The van der Waals surface area contributed by atoms with E-state index in [9.17, 15) is 14.4 Å². The van der Waals surface area contributed by atoms with Gasteiger partial charge in [0.05, 0.1) is 18.5 Å². The number of amides is 1. The average molecular weight is 471 g/mol. The number of rotatable bonds is 9. The molecule has 2 saturated carbocycles. The molecule has 2 aromatic rings. The molecular formula is C24H30N4O4S. The number of nitrogens with zero attached hydrogens (tertiary/aromatic N) is 2. The van der Waals surface area contributed by atoms with Gasteiger partial charge in [0.1, 0.15) is 11.6 Å². The van der Waals surface area contributed by atoms with E-state index in [-0.39, 0.29) is 36.0 Å². The normalized spacial score (nSPS) is 19.7. The first-order valence-corrected chi connectivity index (χ1v) is 12.7. The van der Waals surface area contributed by atoms with Crippen LogP contribution in [-0.2, 0) is 28.8 Å². The van der Waals surface area contributed by atoms with Crippen molar-refractivity contribution in [3.63, 3.8) is 0 Å². The highest BCUT2D eigenvalue weighted by Gasteiger charge is 2.35. The van der Waals surface area contributed by atoms with Crippen LogP contribution in [0.5, 0.6) is 0 Å². The Morgan fingerprint density at radius 2 is 2.03 bits per heavy atom. The number of ether oxygens (including phenoxy) is 1. The van der Waals surface area contributed by atoms with Gasteiger partial charge in [0.25, 0.3) is 5.91 Å². The largest absolute Gasteiger partial charge is 0.461 e. The molecule has 0 bridgehead atoms. The first-order chi connectivity index (χ1) is 16.0. The Bertz CT molecular complexity index is 1100. The summed E-state index contributed by atoms with van der Waals surface area (Å²) in [5.41, 5.74) is 8.11. The zero-order valence-corrected chi connectivity index (χ0v) is 19.7. The van der Waals surface area contributed by atoms with E-state index in [0.717, 1.165) is 36.1 Å². The fourth-order valence-corrected chi connectivity index (χ4v) is 5.98. The summed E-state index contributed by atoms with van der Waals surface area (Å²) in [7, 11) is 0. The number of aromatic nitrogens is 2. The number of imidazole rings is 1. The van der Waals surface area contributed by atoms with Gasteiger partial charge < -0.3 is 20.4 Å². The van der Waals surface area contributed by atoms with Crippen molar-refractivity contribution < 1.29 is 19.1 Å². The van der Waals surface area contributed by atoms with E-state index in [2.05, 4.69) is 10.3 Å². The topological polar surface area (TPSA) is 116 Å². The molecule has 176 valence electrons. The number of nitrogen functional groups attached to an aromatic ring is 1. The number of nitrogens with one attached hydrogen (secondary N) is 1. The summed E-state index contributed by atoms with van der Waals surface area (Å²) in [4.78, 5) is 44.3. The molecule has 0 aliphatic heterocycles. The minimum absolute atomic E-state index is 0.00950. The summed E-state index contributed by atoms with van der Waals surface area (Å²) in [6, 6.07) is -0.00950. The molecule has 0 radical (unpaired) electrons. The van der Waals surface area contributed by atoms with Gasteiger partial charge in [-0.25, -0.2) is 9.78 Å². The summed E-state index contributed by atoms with van der Waals surface area (Å²) in [5, 5.41) is 3.11. The quantitative estimate of drug-likeness (QED) is 0.544. The van der Waals surface area contributed by atoms with Gasteiger partial charge in [-0.05, 0) is 63.4 Å². The van der Waals surface area contributed by atoms with Crippen LogP contribution in [0.2, 0.25) is 0 Å².